The molecule has 4 rings (SSSR count). The molecule has 0 fully saturated rings. The van der Waals surface area contributed by atoms with Gasteiger partial charge >= 0.3 is 0 Å². The van der Waals surface area contributed by atoms with E-state index in [9.17, 15) is 8.60 Å². The van der Waals surface area contributed by atoms with Gasteiger partial charge < -0.3 is 4.90 Å². The van der Waals surface area contributed by atoms with Gasteiger partial charge in [0, 0.05) is 40.4 Å². The van der Waals surface area contributed by atoms with E-state index < -0.39 is 10.8 Å². The molecule has 0 bridgehead atoms. The van der Waals surface area contributed by atoms with Crippen molar-refractivity contribution in [2.75, 3.05) is 17.7 Å². The van der Waals surface area contributed by atoms with Crippen LogP contribution in [0.5, 0.6) is 0 Å². The monoisotopic (exact) mass is 379 g/mol. The van der Waals surface area contributed by atoms with Crippen molar-refractivity contribution in [1.29, 1.82) is 0 Å². The smallest absolute Gasteiger partial charge is 0.123 e. The van der Waals surface area contributed by atoms with E-state index in [0.717, 1.165) is 27.5 Å². The summed E-state index contributed by atoms with van der Waals surface area (Å²) >= 11 is 0. The molecule has 0 aliphatic carbocycles. The van der Waals surface area contributed by atoms with E-state index in [1.807, 2.05) is 47.3 Å². The van der Waals surface area contributed by atoms with Crippen LogP contribution in [0, 0.1) is 5.82 Å². The summed E-state index contributed by atoms with van der Waals surface area (Å²) in [6.07, 6.45) is 9.44. The van der Waals surface area contributed by atoms with Crippen LogP contribution >= 0.6 is 0 Å². The molecule has 0 radical (unpaired) electrons. The molecular weight excluding hydrogens is 361 g/mol. The third-order valence-corrected chi connectivity index (χ3v) is 5.38. The average molecular weight is 379 g/mol. The average Bonchev–Trinajstić information content (AvgIpc) is 3.18. The first-order chi connectivity index (χ1) is 13.1. The standard InChI is InChI=1S/C21H18FN3OS/c1-27(26)20-10-8-19(9-11-20)25-21(12-13-23-25)16-3-2-14-24(15-16)18-6-4-17(22)5-7-18/h2-14H,15H2,1H3. The van der Waals surface area contributed by atoms with Gasteiger partial charge in [-0.25, -0.2) is 9.07 Å². The minimum Gasteiger partial charge on any atom is -0.343 e. The van der Waals surface area contributed by atoms with Crippen molar-refractivity contribution in [3.05, 3.63) is 90.7 Å². The van der Waals surface area contributed by atoms with Crippen LogP contribution in [-0.2, 0) is 10.8 Å². The minimum atomic E-state index is -1.00. The number of hydrogen-bond donors (Lipinski definition) is 0. The Morgan fingerprint density at radius 1 is 1.00 bits per heavy atom. The first kappa shape index (κ1) is 17.4. The topological polar surface area (TPSA) is 38.1 Å². The van der Waals surface area contributed by atoms with Crippen molar-refractivity contribution >= 4 is 22.1 Å². The van der Waals surface area contributed by atoms with Gasteiger partial charge in [0.15, 0.2) is 0 Å². The van der Waals surface area contributed by atoms with Crippen molar-refractivity contribution in [2.24, 2.45) is 0 Å². The first-order valence-electron chi connectivity index (χ1n) is 8.50. The number of aromatic nitrogens is 2. The number of allylic oxidation sites excluding steroid dienone is 2. The molecule has 3 aromatic rings. The van der Waals surface area contributed by atoms with Crippen molar-refractivity contribution in [3.8, 4) is 5.69 Å². The van der Waals surface area contributed by atoms with Crippen molar-refractivity contribution < 1.29 is 8.60 Å². The molecule has 0 spiro atoms. The molecule has 2 heterocycles. The Morgan fingerprint density at radius 2 is 1.70 bits per heavy atom. The predicted molar refractivity (Wildman–Crippen MR) is 107 cm³/mol. The van der Waals surface area contributed by atoms with Crippen LogP contribution in [0.1, 0.15) is 5.69 Å². The Kier molecular flexibility index (Phi) is 4.73. The highest BCUT2D eigenvalue weighted by Crippen LogP contribution is 2.26. The molecule has 1 aliphatic heterocycles. The Balaban J connectivity index is 1.62. The summed E-state index contributed by atoms with van der Waals surface area (Å²) in [5.41, 5.74) is 3.92. The van der Waals surface area contributed by atoms with E-state index in [4.69, 9.17) is 0 Å². The summed E-state index contributed by atoms with van der Waals surface area (Å²) in [6.45, 7) is 0.658. The first-order valence-corrected chi connectivity index (χ1v) is 10.1. The number of halogens is 1. The summed E-state index contributed by atoms with van der Waals surface area (Å²) in [5.74, 6) is -0.245. The molecule has 1 atom stereocenters. The van der Waals surface area contributed by atoms with Crippen molar-refractivity contribution in [2.45, 2.75) is 4.90 Å². The van der Waals surface area contributed by atoms with E-state index in [-0.39, 0.29) is 5.82 Å². The molecule has 27 heavy (non-hydrogen) atoms. The zero-order valence-electron chi connectivity index (χ0n) is 14.7. The number of benzene rings is 2. The maximum Gasteiger partial charge on any atom is 0.123 e. The van der Waals surface area contributed by atoms with Crippen LogP contribution in [0.2, 0.25) is 0 Å². The summed E-state index contributed by atoms with van der Waals surface area (Å²) < 4.78 is 26.7. The van der Waals surface area contributed by atoms with Gasteiger partial charge in [-0.2, -0.15) is 5.10 Å². The molecular formula is C21H18FN3OS. The number of anilines is 1. The van der Waals surface area contributed by atoms with Crippen molar-refractivity contribution in [3.63, 3.8) is 0 Å². The highest BCUT2D eigenvalue weighted by Gasteiger charge is 2.16. The lowest BCUT2D eigenvalue weighted by Gasteiger charge is -2.25. The predicted octanol–water partition coefficient (Wildman–Crippen LogP) is 4.17. The van der Waals surface area contributed by atoms with Gasteiger partial charge in [-0.3, -0.25) is 4.21 Å². The second-order valence-electron chi connectivity index (χ2n) is 6.21. The van der Waals surface area contributed by atoms with Gasteiger partial charge in [-0.15, -0.1) is 0 Å². The maximum absolute atomic E-state index is 13.2. The van der Waals surface area contributed by atoms with Crippen LogP contribution in [0.25, 0.3) is 11.3 Å². The molecule has 0 saturated carbocycles. The Hall–Kier alpha value is -2.99. The van der Waals surface area contributed by atoms with E-state index in [1.165, 1.54) is 12.1 Å². The molecule has 136 valence electrons. The van der Waals surface area contributed by atoms with E-state index in [0.29, 0.717) is 6.54 Å². The minimum absolute atomic E-state index is 0.245. The SMILES string of the molecule is CS(=O)c1ccc(-n2nccc2C2=CC=CN(c3ccc(F)cc3)C2)cc1. The van der Waals surface area contributed by atoms with Gasteiger partial charge in [0.05, 0.1) is 17.6 Å². The lowest BCUT2D eigenvalue weighted by molar-refractivity contribution is 0.628. The number of nitrogens with zero attached hydrogens (tertiary/aromatic N) is 3. The Bertz CT molecular complexity index is 1040. The summed E-state index contributed by atoms with van der Waals surface area (Å²) in [7, 11) is -1.00. The third-order valence-electron chi connectivity index (χ3n) is 4.45. The van der Waals surface area contributed by atoms with Crippen LogP contribution in [-0.4, -0.2) is 26.8 Å². The van der Waals surface area contributed by atoms with E-state index >= 15 is 0 Å². The van der Waals surface area contributed by atoms with Crippen molar-refractivity contribution in [1.82, 2.24) is 9.78 Å². The fraction of sp³-hybridized carbons (Fsp3) is 0.0952. The van der Waals surface area contributed by atoms with Gasteiger partial charge in [0.25, 0.3) is 0 Å². The number of hydrogen-bond acceptors (Lipinski definition) is 3. The highest BCUT2D eigenvalue weighted by molar-refractivity contribution is 7.84. The molecule has 1 unspecified atom stereocenters. The largest absolute Gasteiger partial charge is 0.343 e. The highest BCUT2D eigenvalue weighted by atomic mass is 32.2. The van der Waals surface area contributed by atoms with Gasteiger partial charge in [-0.05, 0) is 66.2 Å². The zero-order chi connectivity index (χ0) is 18.8. The quantitative estimate of drug-likeness (QED) is 0.683. The lowest BCUT2D eigenvalue weighted by atomic mass is 10.1. The zero-order valence-corrected chi connectivity index (χ0v) is 15.6. The number of rotatable bonds is 4. The molecule has 1 aliphatic rings. The fourth-order valence-corrected chi connectivity index (χ4v) is 3.58. The van der Waals surface area contributed by atoms with E-state index in [1.54, 1.807) is 24.6 Å². The molecule has 0 saturated heterocycles. The van der Waals surface area contributed by atoms with Gasteiger partial charge in [0.1, 0.15) is 5.82 Å². The third kappa shape index (κ3) is 3.61. The summed E-state index contributed by atoms with van der Waals surface area (Å²) in [5, 5.41) is 4.45. The van der Waals surface area contributed by atoms with Crippen LogP contribution < -0.4 is 4.90 Å². The Labute approximate surface area is 159 Å². The lowest BCUT2D eigenvalue weighted by Crippen LogP contribution is -2.21. The molecule has 0 N–H and O–H groups in total. The van der Waals surface area contributed by atoms with E-state index in [2.05, 4.69) is 16.1 Å². The van der Waals surface area contributed by atoms with Crippen LogP contribution in [0.4, 0.5) is 10.1 Å². The molecule has 4 nitrogen and oxygen atoms in total. The maximum atomic E-state index is 13.2. The Morgan fingerprint density at radius 3 is 2.41 bits per heavy atom. The molecule has 2 aromatic carbocycles. The van der Waals surface area contributed by atoms with Crippen LogP contribution in [0.3, 0.4) is 0 Å². The molecule has 1 aromatic heterocycles. The second kappa shape index (κ2) is 7.32. The van der Waals surface area contributed by atoms with Crippen LogP contribution in [0.15, 0.2) is 84.0 Å². The summed E-state index contributed by atoms with van der Waals surface area (Å²) in [6, 6.07) is 16.0. The molecule has 6 heteroatoms. The summed E-state index contributed by atoms with van der Waals surface area (Å²) in [4.78, 5) is 2.85. The molecule has 0 amide bonds. The normalized spacial score (nSPS) is 14.9. The fourth-order valence-electron chi connectivity index (χ4n) is 3.06. The second-order valence-corrected chi connectivity index (χ2v) is 7.59. The van der Waals surface area contributed by atoms with Gasteiger partial charge in [0.2, 0.25) is 0 Å². The van der Waals surface area contributed by atoms with Gasteiger partial charge in [-0.1, -0.05) is 6.08 Å².